The minimum Gasteiger partial charge on any atom is -0.481 e. The molecule has 0 aromatic heterocycles. The first kappa shape index (κ1) is 15.6. The minimum atomic E-state index is -0.932. The van der Waals surface area contributed by atoms with E-state index in [9.17, 15) is 14.0 Å². The van der Waals surface area contributed by atoms with E-state index in [1.165, 1.54) is 12.1 Å². The summed E-state index contributed by atoms with van der Waals surface area (Å²) in [7, 11) is 0. The average Bonchev–Trinajstić information content (AvgIpc) is 3.24. The first-order chi connectivity index (χ1) is 9.97. The van der Waals surface area contributed by atoms with Crippen LogP contribution in [0.3, 0.4) is 0 Å². The molecule has 0 heterocycles. The third-order valence-corrected chi connectivity index (χ3v) is 3.53. The molecule has 1 aliphatic carbocycles. The maximum Gasteiger partial charge on any atom is 0.317 e. The maximum atomic E-state index is 13.0. The van der Waals surface area contributed by atoms with Crippen LogP contribution in [0.4, 0.5) is 9.18 Å². The van der Waals surface area contributed by atoms with E-state index in [-0.39, 0.29) is 36.6 Å². The molecule has 21 heavy (non-hydrogen) atoms. The van der Waals surface area contributed by atoms with Crippen molar-refractivity contribution >= 4 is 23.6 Å². The number of urea groups is 1. The highest BCUT2D eigenvalue weighted by Crippen LogP contribution is 2.27. The van der Waals surface area contributed by atoms with E-state index in [0.717, 1.165) is 12.8 Å². The van der Waals surface area contributed by atoms with Gasteiger partial charge in [0.1, 0.15) is 5.82 Å². The first-order valence-corrected chi connectivity index (χ1v) is 7.05. The van der Waals surface area contributed by atoms with Gasteiger partial charge in [0.15, 0.2) is 0 Å². The van der Waals surface area contributed by atoms with Crippen molar-refractivity contribution in [3.63, 3.8) is 0 Å². The molecule has 1 fully saturated rings. The molecule has 2 amide bonds. The van der Waals surface area contributed by atoms with Gasteiger partial charge in [-0.15, -0.1) is 0 Å². The fourth-order valence-electron chi connectivity index (χ4n) is 1.98. The van der Waals surface area contributed by atoms with Crippen LogP contribution in [-0.2, 0) is 11.3 Å². The van der Waals surface area contributed by atoms with Gasteiger partial charge in [-0.2, -0.15) is 0 Å². The number of benzene rings is 1. The van der Waals surface area contributed by atoms with Crippen molar-refractivity contribution in [1.82, 2.24) is 10.2 Å². The Morgan fingerprint density at radius 3 is 2.71 bits per heavy atom. The Kier molecular flexibility index (Phi) is 5.01. The number of nitrogens with zero attached hydrogens (tertiary/aromatic N) is 1. The minimum absolute atomic E-state index is 0.00618. The summed E-state index contributed by atoms with van der Waals surface area (Å²) < 4.78 is 13.0. The molecular formula is C14H16ClFN2O3. The summed E-state index contributed by atoms with van der Waals surface area (Å²) in [5.74, 6) is -1.44. The van der Waals surface area contributed by atoms with Gasteiger partial charge in [0, 0.05) is 19.1 Å². The number of hydrogen-bond donors (Lipinski definition) is 2. The molecule has 1 aliphatic rings. The quantitative estimate of drug-likeness (QED) is 0.848. The summed E-state index contributed by atoms with van der Waals surface area (Å²) >= 11 is 5.67. The summed E-state index contributed by atoms with van der Waals surface area (Å²) in [6.45, 7) is 0.408. The van der Waals surface area contributed by atoms with Crippen LogP contribution in [0.25, 0.3) is 0 Å². The molecule has 2 N–H and O–H groups in total. The lowest BCUT2D eigenvalue weighted by Gasteiger charge is -2.22. The van der Waals surface area contributed by atoms with Crippen molar-refractivity contribution in [2.24, 2.45) is 0 Å². The second kappa shape index (κ2) is 6.76. The average molecular weight is 315 g/mol. The van der Waals surface area contributed by atoms with Crippen LogP contribution in [-0.4, -0.2) is 34.6 Å². The van der Waals surface area contributed by atoms with Gasteiger partial charge >= 0.3 is 12.0 Å². The van der Waals surface area contributed by atoms with Crippen LogP contribution in [0.5, 0.6) is 0 Å². The molecule has 1 aromatic rings. The van der Waals surface area contributed by atoms with E-state index in [1.807, 2.05) is 0 Å². The maximum absolute atomic E-state index is 13.0. The number of amides is 2. The van der Waals surface area contributed by atoms with E-state index >= 15 is 0 Å². The predicted octanol–water partition coefficient (Wildman–Crippen LogP) is 2.63. The lowest BCUT2D eigenvalue weighted by Crippen LogP contribution is -2.42. The normalized spacial score (nSPS) is 13.8. The smallest absolute Gasteiger partial charge is 0.317 e. The monoisotopic (exact) mass is 314 g/mol. The van der Waals surface area contributed by atoms with Crippen LogP contribution in [0.15, 0.2) is 18.2 Å². The number of carboxylic acids is 1. The van der Waals surface area contributed by atoms with Gasteiger partial charge in [-0.25, -0.2) is 9.18 Å². The van der Waals surface area contributed by atoms with Crippen molar-refractivity contribution < 1.29 is 19.1 Å². The Morgan fingerprint density at radius 2 is 2.14 bits per heavy atom. The van der Waals surface area contributed by atoms with Gasteiger partial charge in [0.25, 0.3) is 0 Å². The number of rotatable bonds is 6. The molecule has 0 aliphatic heterocycles. The number of carbonyl (C=O) groups is 2. The number of nitrogens with one attached hydrogen (secondary N) is 1. The second-order valence-electron chi connectivity index (χ2n) is 4.98. The van der Waals surface area contributed by atoms with Crippen molar-refractivity contribution in [3.05, 3.63) is 34.6 Å². The highest BCUT2D eigenvalue weighted by molar-refractivity contribution is 6.30. The molecule has 0 unspecified atom stereocenters. The molecule has 0 atom stereocenters. The van der Waals surface area contributed by atoms with E-state index < -0.39 is 11.8 Å². The fourth-order valence-corrected chi connectivity index (χ4v) is 2.18. The zero-order chi connectivity index (χ0) is 15.4. The number of hydrogen-bond acceptors (Lipinski definition) is 2. The third-order valence-electron chi connectivity index (χ3n) is 3.24. The molecule has 0 spiro atoms. The zero-order valence-electron chi connectivity index (χ0n) is 11.3. The largest absolute Gasteiger partial charge is 0.481 e. The van der Waals surface area contributed by atoms with Crippen molar-refractivity contribution in [3.8, 4) is 0 Å². The Morgan fingerprint density at radius 1 is 1.43 bits per heavy atom. The topological polar surface area (TPSA) is 69.6 Å². The number of aliphatic carboxylic acids is 1. The van der Waals surface area contributed by atoms with Crippen molar-refractivity contribution in [2.75, 3.05) is 6.54 Å². The highest BCUT2D eigenvalue weighted by atomic mass is 35.5. The lowest BCUT2D eigenvalue weighted by atomic mass is 10.2. The first-order valence-electron chi connectivity index (χ1n) is 6.67. The van der Waals surface area contributed by atoms with Crippen LogP contribution in [0.2, 0.25) is 5.02 Å². The van der Waals surface area contributed by atoms with Gasteiger partial charge in [-0.05, 0) is 30.5 Å². The fraction of sp³-hybridized carbons (Fsp3) is 0.429. The molecule has 2 rings (SSSR count). The van der Waals surface area contributed by atoms with Crippen molar-refractivity contribution in [1.29, 1.82) is 0 Å². The van der Waals surface area contributed by atoms with Crippen LogP contribution in [0, 0.1) is 5.82 Å². The second-order valence-corrected chi connectivity index (χ2v) is 5.38. The lowest BCUT2D eigenvalue weighted by molar-refractivity contribution is -0.137. The van der Waals surface area contributed by atoms with Crippen LogP contribution in [0.1, 0.15) is 24.8 Å². The van der Waals surface area contributed by atoms with Crippen LogP contribution >= 0.6 is 11.6 Å². The number of halogens is 2. The molecule has 0 radical (unpaired) electrons. The summed E-state index contributed by atoms with van der Waals surface area (Å²) in [4.78, 5) is 24.2. The van der Waals surface area contributed by atoms with E-state index in [4.69, 9.17) is 16.7 Å². The molecule has 0 bridgehead atoms. The van der Waals surface area contributed by atoms with Gasteiger partial charge < -0.3 is 15.3 Å². The Bertz CT molecular complexity index is 549. The molecule has 7 heteroatoms. The van der Waals surface area contributed by atoms with E-state index in [2.05, 4.69) is 5.32 Å². The number of carboxylic acid groups (broad SMARTS) is 1. The van der Waals surface area contributed by atoms with E-state index in [0.29, 0.717) is 5.56 Å². The molecular weight excluding hydrogens is 299 g/mol. The predicted molar refractivity (Wildman–Crippen MR) is 75.6 cm³/mol. The van der Waals surface area contributed by atoms with E-state index in [1.54, 1.807) is 11.0 Å². The third kappa shape index (κ3) is 4.60. The summed E-state index contributed by atoms with van der Waals surface area (Å²) in [5, 5.41) is 11.4. The number of carbonyl (C=O) groups excluding carboxylic acids is 1. The van der Waals surface area contributed by atoms with Crippen molar-refractivity contribution in [2.45, 2.75) is 31.8 Å². The van der Waals surface area contributed by atoms with Crippen LogP contribution < -0.4 is 5.32 Å². The Labute approximate surface area is 126 Å². The highest BCUT2D eigenvalue weighted by Gasteiger charge is 2.32. The molecule has 0 saturated heterocycles. The molecule has 1 aromatic carbocycles. The molecule has 1 saturated carbocycles. The zero-order valence-corrected chi connectivity index (χ0v) is 12.1. The summed E-state index contributed by atoms with van der Waals surface area (Å²) in [5.41, 5.74) is 0.684. The Hall–Kier alpha value is -1.82. The summed E-state index contributed by atoms with van der Waals surface area (Å²) in [6, 6.07) is 4.06. The van der Waals surface area contributed by atoms with Gasteiger partial charge in [-0.1, -0.05) is 17.7 Å². The summed E-state index contributed by atoms with van der Waals surface area (Å²) in [6.07, 6.45) is 1.72. The van der Waals surface area contributed by atoms with Gasteiger partial charge in [0.05, 0.1) is 11.4 Å². The molecule has 114 valence electrons. The standard InChI is InChI=1S/C14H16ClFN2O3/c15-11-7-9(1-4-12(11)16)8-17-14(21)18(10-2-3-10)6-5-13(19)20/h1,4,7,10H,2-3,5-6,8H2,(H,17,21)(H,19,20). The van der Waals surface area contributed by atoms with Gasteiger partial charge in [-0.3, -0.25) is 4.79 Å². The Balaban J connectivity index is 1.89. The SMILES string of the molecule is O=C(O)CCN(C(=O)NCc1ccc(F)c(Cl)c1)C1CC1. The molecule has 5 nitrogen and oxygen atoms in total. The van der Waals surface area contributed by atoms with Gasteiger partial charge in [0.2, 0.25) is 0 Å².